The van der Waals surface area contributed by atoms with Crippen molar-refractivity contribution in [2.45, 2.75) is 19.4 Å². The molecule has 0 aromatic heterocycles. The van der Waals surface area contributed by atoms with Crippen molar-refractivity contribution < 1.29 is 4.74 Å². The first-order valence-electron chi connectivity index (χ1n) is 5.09. The zero-order valence-electron chi connectivity index (χ0n) is 9.29. The van der Waals surface area contributed by atoms with Crippen LogP contribution in [-0.2, 0) is 0 Å². The molecule has 1 N–H and O–H groups in total. The van der Waals surface area contributed by atoms with Gasteiger partial charge >= 0.3 is 0 Å². The predicted octanol–water partition coefficient (Wildman–Crippen LogP) is 2.37. The fourth-order valence-electron chi connectivity index (χ4n) is 1.49. The minimum atomic E-state index is 0.259. The molecule has 1 atom stereocenters. The van der Waals surface area contributed by atoms with Crippen LogP contribution in [0.5, 0.6) is 5.75 Å². The molecule has 0 fully saturated rings. The van der Waals surface area contributed by atoms with Gasteiger partial charge in [-0.25, -0.2) is 0 Å². The van der Waals surface area contributed by atoms with E-state index in [0.29, 0.717) is 0 Å². The maximum Gasteiger partial charge on any atom is 0.123 e. The van der Waals surface area contributed by atoms with Crippen LogP contribution in [0, 0.1) is 12.3 Å². The second-order valence-electron chi connectivity index (χ2n) is 3.37. The van der Waals surface area contributed by atoms with E-state index in [1.54, 1.807) is 7.11 Å². The molecule has 0 aliphatic carbocycles. The molecule has 80 valence electrons. The number of nitrogens with one attached hydrogen (secondary N) is 1. The van der Waals surface area contributed by atoms with Gasteiger partial charge in [-0.1, -0.05) is 18.2 Å². The summed E-state index contributed by atoms with van der Waals surface area (Å²) in [5, 5.41) is 3.35. The predicted molar refractivity (Wildman–Crippen MR) is 62.9 cm³/mol. The lowest BCUT2D eigenvalue weighted by molar-refractivity contribution is 0.402. The first-order valence-corrected chi connectivity index (χ1v) is 5.09. The largest absolute Gasteiger partial charge is 0.496 e. The summed E-state index contributed by atoms with van der Waals surface area (Å²) >= 11 is 0. The number of rotatable bonds is 5. The molecular formula is C13H17NO. The van der Waals surface area contributed by atoms with Crippen LogP contribution in [0.15, 0.2) is 24.3 Å². The Morgan fingerprint density at radius 1 is 1.47 bits per heavy atom. The molecule has 0 saturated heterocycles. The van der Waals surface area contributed by atoms with Gasteiger partial charge in [-0.05, 0) is 13.0 Å². The quantitative estimate of drug-likeness (QED) is 0.586. The molecule has 0 aliphatic rings. The number of methoxy groups -OCH3 is 1. The van der Waals surface area contributed by atoms with E-state index in [1.807, 2.05) is 18.2 Å². The van der Waals surface area contributed by atoms with E-state index >= 15 is 0 Å². The molecule has 1 rings (SSSR count). The first-order chi connectivity index (χ1) is 7.29. The number of benzene rings is 1. The van der Waals surface area contributed by atoms with Crippen molar-refractivity contribution in [2.24, 2.45) is 0 Å². The van der Waals surface area contributed by atoms with Crippen LogP contribution < -0.4 is 10.1 Å². The third kappa shape index (κ3) is 3.30. The summed E-state index contributed by atoms with van der Waals surface area (Å²) in [5.41, 5.74) is 1.16. The Balaban J connectivity index is 2.64. The van der Waals surface area contributed by atoms with E-state index in [9.17, 15) is 0 Å². The Kier molecular flexibility index (Phi) is 4.73. The SMILES string of the molecule is C#CCCN[C@@H](C)c1ccccc1OC. The van der Waals surface area contributed by atoms with Crippen molar-refractivity contribution in [3.05, 3.63) is 29.8 Å². The van der Waals surface area contributed by atoms with Crippen LogP contribution >= 0.6 is 0 Å². The van der Waals surface area contributed by atoms with Gasteiger partial charge < -0.3 is 10.1 Å². The van der Waals surface area contributed by atoms with Gasteiger partial charge in [0.05, 0.1) is 7.11 Å². The van der Waals surface area contributed by atoms with Crippen molar-refractivity contribution >= 4 is 0 Å². The van der Waals surface area contributed by atoms with Crippen LogP contribution in [0.4, 0.5) is 0 Å². The van der Waals surface area contributed by atoms with Crippen LogP contribution in [0.3, 0.4) is 0 Å². The van der Waals surface area contributed by atoms with Gasteiger partial charge in [0.2, 0.25) is 0 Å². The fourth-order valence-corrected chi connectivity index (χ4v) is 1.49. The second kappa shape index (κ2) is 6.10. The Labute approximate surface area is 91.6 Å². The third-order valence-corrected chi connectivity index (χ3v) is 2.33. The number of hydrogen-bond donors (Lipinski definition) is 1. The van der Waals surface area contributed by atoms with Crippen molar-refractivity contribution in [1.29, 1.82) is 0 Å². The molecule has 1 aromatic rings. The summed E-state index contributed by atoms with van der Waals surface area (Å²) in [6, 6.07) is 8.27. The molecule has 15 heavy (non-hydrogen) atoms. The van der Waals surface area contributed by atoms with E-state index in [-0.39, 0.29) is 6.04 Å². The molecule has 1 aromatic carbocycles. The second-order valence-corrected chi connectivity index (χ2v) is 3.37. The average Bonchev–Trinajstić information content (AvgIpc) is 2.29. The van der Waals surface area contributed by atoms with Gasteiger partial charge in [-0.2, -0.15) is 0 Å². The van der Waals surface area contributed by atoms with E-state index in [2.05, 4.69) is 24.2 Å². The molecular weight excluding hydrogens is 186 g/mol. The normalized spacial score (nSPS) is 11.8. The minimum Gasteiger partial charge on any atom is -0.496 e. The Bertz CT molecular complexity index is 341. The summed E-state index contributed by atoms with van der Waals surface area (Å²) in [4.78, 5) is 0. The Morgan fingerprint density at radius 3 is 2.87 bits per heavy atom. The molecule has 0 radical (unpaired) electrons. The van der Waals surface area contributed by atoms with Crippen molar-refractivity contribution in [1.82, 2.24) is 5.32 Å². The standard InChI is InChI=1S/C13H17NO/c1-4-5-10-14-11(2)12-8-6-7-9-13(12)15-3/h1,6-9,11,14H,5,10H2,2-3H3/t11-/m0/s1. The first kappa shape index (κ1) is 11.6. The number of terminal acetylenes is 1. The van der Waals surface area contributed by atoms with Crippen LogP contribution in [0.1, 0.15) is 24.9 Å². The molecule has 0 heterocycles. The maximum absolute atomic E-state index is 5.29. The van der Waals surface area contributed by atoms with Crippen LogP contribution in [-0.4, -0.2) is 13.7 Å². The lowest BCUT2D eigenvalue weighted by Crippen LogP contribution is -2.20. The molecule has 0 amide bonds. The number of ether oxygens (including phenoxy) is 1. The van der Waals surface area contributed by atoms with Crippen molar-refractivity contribution in [3.8, 4) is 18.1 Å². The molecule has 0 saturated carbocycles. The molecule has 2 nitrogen and oxygen atoms in total. The zero-order chi connectivity index (χ0) is 11.1. The van der Waals surface area contributed by atoms with Gasteiger partial charge in [0, 0.05) is 24.6 Å². The average molecular weight is 203 g/mol. The van der Waals surface area contributed by atoms with E-state index in [0.717, 1.165) is 24.3 Å². The summed E-state index contributed by atoms with van der Waals surface area (Å²) in [5.74, 6) is 3.52. The van der Waals surface area contributed by atoms with Crippen LogP contribution in [0.2, 0.25) is 0 Å². The Morgan fingerprint density at radius 2 is 2.20 bits per heavy atom. The highest BCUT2D eigenvalue weighted by molar-refractivity contribution is 5.35. The number of hydrogen-bond acceptors (Lipinski definition) is 2. The summed E-state index contributed by atoms with van der Waals surface area (Å²) in [7, 11) is 1.69. The maximum atomic E-state index is 5.29. The minimum absolute atomic E-state index is 0.259. The van der Waals surface area contributed by atoms with Crippen LogP contribution in [0.25, 0.3) is 0 Å². The van der Waals surface area contributed by atoms with Gasteiger partial charge in [0.1, 0.15) is 5.75 Å². The van der Waals surface area contributed by atoms with Gasteiger partial charge in [0.25, 0.3) is 0 Å². The molecule has 0 aliphatic heterocycles. The van der Waals surface area contributed by atoms with Gasteiger partial charge in [-0.15, -0.1) is 12.3 Å². The molecule has 0 unspecified atom stereocenters. The summed E-state index contributed by atoms with van der Waals surface area (Å²) in [6.07, 6.45) is 5.94. The lowest BCUT2D eigenvalue weighted by atomic mass is 10.1. The summed E-state index contributed by atoms with van der Waals surface area (Å²) < 4.78 is 5.29. The van der Waals surface area contributed by atoms with Gasteiger partial charge in [-0.3, -0.25) is 0 Å². The van der Waals surface area contributed by atoms with E-state index in [1.165, 1.54) is 0 Å². The fraction of sp³-hybridized carbons (Fsp3) is 0.385. The number of para-hydroxylation sites is 1. The van der Waals surface area contributed by atoms with Gasteiger partial charge in [0.15, 0.2) is 0 Å². The molecule has 0 spiro atoms. The van der Waals surface area contributed by atoms with E-state index in [4.69, 9.17) is 11.2 Å². The highest BCUT2D eigenvalue weighted by atomic mass is 16.5. The highest BCUT2D eigenvalue weighted by Crippen LogP contribution is 2.23. The van der Waals surface area contributed by atoms with E-state index < -0.39 is 0 Å². The topological polar surface area (TPSA) is 21.3 Å². The smallest absolute Gasteiger partial charge is 0.123 e. The molecule has 0 bridgehead atoms. The highest BCUT2D eigenvalue weighted by Gasteiger charge is 2.08. The Hall–Kier alpha value is -1.46. The monoisotopic (exact) mass is 203 g/mol. The third-order valence-electron chi connectivity index (χ3n) is 2.33. The van der Waals surface area contributed by atoms with Crippen molar-refractivity contribution in [3.63, 3.8) is 0 Å². The lowest BCUT2D eigenvalue weighted by Gasteiger charge is -2.16. The zero-order valence-corrected chi connectivity index (χ0v) is 9.29. The molecule has 2 heteroatoms. The summed E-state index contributed by atoms with van der Waals surface area (Å²) in [6.45, 7) is 2.93. The van der Waals surface area contributed by atoms with Crippen molar-refractivity contribution in [2.75, 3.05) is 13.7 Å².